The molecule has 0 bridgehead atoms. The van der Waals surface area contributed by atoms with Crippen LogP contribution in [0.5, 0.6) is 0 Å². The highest BCUT2D eigenvalue weighted by Crippen LogP contribution is 2.22. The molecule has 1 amide bonds. The number of nitrogens with zero attached hydrogens (tertiary/aromatic N) is 3. The van der Waals surface area contributed by atoms with E-state index in [1.807, 2.05) is 4.90 Å². The third-order valence-electron chi connectivity index (χ3n) is 2.80. The van der Waals surface area contributed by atoms with Crippen LogP contribution >= 0.6 is 11.8 Å². The quantitative estimate of drug-likeness (QED) is 0.798. The van der Waals surface area contributed by atoms with Gasteiger partial charge in [-0.05, 0) is 19.1 Å². The highest BCUT2D eigenvalue weighted by molar-refractivity contribution is 7.98. The number of hydrogen-bond donors (Lipinski definition) is 0. The molecule has 0 aliphatic carbocycles. The largest absolute Gasteiger partial charge is 0.335 e. The maximum Gasteiger partial charge on any atom is 0.257 e. The van der Waals surface area contributed by atoms with Crippen molar-refractivity contribution in [2.24, 2.45) is 0 Å². The zero-order valence-corrected chi connectivity index (χ0v) is 10.1. The van der Waals surface area contributed by atoms with E-state index in [0.717, 1.165) is 25.1 Å². The molecule has 2 rings (SSSR count). The number of aromatic nitrogens is 2. The predicted octanol–water partition coefficient (Wildman–Crippen LogP) is 1.44. The molecule has 16 heavy (non-hydrogen) atoms. The lowest BCUT2D eigenvalue weighted by Gasteiger charge is -2.23. The number of thioether (sulfide) groups is 1. The highest BCUT2D eigenvalue weighted by Gasteiger charge is 2.28. The summed E-state index contributed by atoms with van der Waals surface area (Å²) in [5.74, 6) is 1.08. The van der Waals surface area contributed by atoms with Crippen LogP contribution in [-0.2, 0) is 0 Å². The second kappa shape index (κ2) is 5.30. The van der Waals surface area contributed by atoms with E-state index >= 15 is 0 Å². The van der Waals surface area contributed by atoms with E-state index in [2.05, 4.69) is 16.2 Å². The fraction of sp³-hybridized carbons (Fsp3) is 0.545. The van der Waals surface area contributed by atoms with Crippen molar-refractivity contribution in [2.45, 2.75) is 18.9 Å². The topological polar surface area (TPSA) is 46.1 Å². The zero-order valence-electron chi connectivity index (χ0n) is 9.30. The first kappa shape index (κ1) is 11.4. The molecule has 1 aromatic rings. The lowest BCUT2D eigenvalue weighted by Crippen LogP contribution is -2.37. The molecular formula is C11H15N3OS. The summed E-state index contributed by atoms with van der Waals surface area (Å²) in [4.78, 5) is 21.9. The first-order valence-corrected chi connectivity index (χ1v) is 6.77. The Hall–Kier alpha value is -1.10. The molecular weight excluding hydrogens is 222 g/mol. The standard InChI is InChI=1S/C11H15N3OS/c1-16-7-10-3-2-4-14(10)11(15)9-5-12-8-13-6-9/h5-6,8,10H,2-4,7H2,1H3. The normalized spacial score (nSPS) is 20.1. The summed E-state index contributed by atoms with van der Waals surface area (Å²) in [6, 6.07) is 0.378. The van der Waals surface area contributed by atoms with Gasteiger partial charge < -0.3 is 4.90 Å². The Morgan fingerprint density at radius 3 is 3.00 bits per heavy atom. The van der Waals surface area contributed by atoms with Crippen LogP contribution < -0.4 is 0 Å². The summed E-state index contributed by atoms with van der Waals surface area (Å²) in [6.07, 6.45) is 8.91. The van der Waals surface area contributed by atoms with Crippen molar-refractivity contribution in [2.75, 3.05) is 18.6 Å². The van der Waals surface area contributed by atoms with Gasteiger partial charge in [0.05, 0.1) is 5.56 Å². The smallest absolute Gasteiger partial charge is 0.257 e. The summed E-state index contributed by atoms with van der Waals surface area (Å²) < 4.78 is 0. The van der Waals surface area contributed by atoms with Crippen LogP contribution in [0.1, 0.15) is 23.2 Å². The van der Waals surface area contributed by atoms with Crippen LogP contribution in [0.15, 0.2) is 18.7 Å². The molecule has 2 heterocycles. The number of hydrogen-bond acceptors (Lipinski definition) is 4. The van der Waals surface area contributed by atoms with Gasteiger partial charge in [-0.25, -0.2) is 9.97 Å². The van der Waals surface area contributed by atoms with Crippen LogP contribution in [0, 0.1) is 0 Å². The van der Waals surface area contributed by atoms with E-state index in [-0.39, 0.29) is 5.91 Å². The van der Waals surface area contributed by atoms with Crippen LogP contribution in [0.2, 0.25) is 0 Å². The third-order valence-corrected chi connectivity index (χ3v) is 3.52. The van der Waals surface area contributed by atoms with E-state index < -0.39 is 0 Å². The van der Waals surface area contributed by atoms with Crippen LogP contribution in [0.25, 0.3) is 0 Å². The van der Waals surface area contributed by atoms with Gasteiger partial charge in [0.15, 0.2) is 0 Å². The molecule has 1 fully saturated rings. The van der Waals surface area contributed by atoms with Gasteiger partial charge in [-0.1, -0.05) is 0 Å². The Bertz CT molecular complexity index is 358. The van der Waals surface area contributed by atoms with Gasteiger partial charge in [-0.15, -0.1) is 0 Å². The molecule has 1 unspecified atom stereocenters. The van der Waals surface area contributed by atoms with Crippen molar-refractivity contribution < 1.29 is 4.79 Å². The van der Waals surface area contributed by atoms with E-state index in [1.54, 1.807) is 24.2 Å². The Labute approximate surface area is 99.5 Å². The van der Waals surface area contributed by atoms with E-state index in [9.17, 15) is 4.79 Å². The summed E-state index contributed by atoms with van der Waals surface area (Å²) in [7, 11) is 0. The second-order valence-corrected chi connectivity index (χ2v) is 4.79. The molecule has 5 heteroatoms. The SMILES string of the molecule is CSCC1CCCN1C(=O)c1cncnc1. The van der Waals surface area contributed by atoms with Crippen LogP contribution in [-0.4, -0.2) is 45.4 Å². The second-order valence-electron chi connectivity index (χ2n) is 3.88. The summed E-state index contributed by atoms with van der Waals surface area (Å²) in [5, 5.41) is 0. The molecule has 4 nitrogen and oxygen atoms in total. The Morgan fingerprint density at radius 2 is 2.31 bits per heavy atom. The van der Waals surface area contributed by atoms with E-state index in [1.165, 1.54) is 6.33 Å². The fourth-order valence-electron chi connectivity index (χ4n) is 2.04. The maximum absolute atomic E-state index is 12.2. The van der Waals surface area contributed by atoms with Crippen LogP contribution in [0.3, 0.4) is 0 Å². The first-order valence-electron chi connectivity index (χ1n) is 5.38. The molecule has 1 aliphatic heterocycles. The lowest BCUT2D eigenvalue weighted by atomic mass is 10.2. The summed E-state index contributed by atoms with van der Waals surface area (Å²) in [6.45, 7) is 0.860. The molecule has 0 spiro atoms. The van der Waals surface area contributed by atoms with Crippen molar-refractivity contribution in [1.82, 2.24) is 14.9 Å². The number of amides is 1. The molecule has 0 N–H and O–H groups in total. The van der Waals surface area contributed by atoms with Crippen molar-refractivity contribution in [3.63, 3.8) is 0 Å². The highest BCUT2D eigenvalue weighted by atomic mass is 32.2. The van der Waals surface area contributed by atoms with Crippen molar-refractivity contribution in [1.29, 1.82) is 0 Å². The van der Waals surface area contributed by atoms with Gasteiger partial charge in [0.2, 0.25) is 0 Å². The minimum absolute atomic E-state index is 0.0668. The number of carbonyl (C=O) groups is 1. The fourth-order valence-corrected chi connectivity index (χ4v) is 2.78. The molecule has 1 atom stereocenters. The van der Waals surface area contributed by atoms with Gasteiger partial charge in [0, 0.05) is 30.7 Å². The van der Waals surface area contributed by atoms with Crippen molar-refractivity contribution in [3.8, 4) is 0 Å². The van der Waals surface area contributed by atoms with Gasteiger partial charge in [-0.3, -0.25) is 4.79 Å². The molecule has 0 aromatic carbocycles. The van der Waals surface area contributed by atoms with Crippen molar-refractivity contribution >= 4 is 17.7 Å². The minimum atomic E-state index is 0.0668. The molecule has 86 valence electrons. The summed E-state index contributed by atoms with van der Waals surface area (Å²) >= 11 is 1.79. The van der Waals surface area contributed by atoms with Crippen LogP contribution in [0.4, 0.5) is 0 Å². The van der Waals surface area contributed by atoms with Gasteiger partial charge in [0.1, 0.15) is 6.33 Å². The van der Waals surface area contributed by atoms with Gasteiger partial charge in [-0.2, -0.15) is 11.8 Å². The van der Waals surface area contributed by atoms with Crippen molar-refractivity contribution in [3.05, 3.63) is 24.3 Å². The van der Waals surface area contributed by atoms with E-state index in [4.69, 9.17) is 0 Å². The predicted molar refractivity (Wildman–Crippen MR) is 64.5 cm³/mol. The zero-order chi connectivity index (χ0) is 11.4. The Morgan fingerprint density at radius 1 is 1.56 bits per heavy atom. The average molecular weight is 237 g/mol. The Balaban J connectivity index is 2.09. The Kier molecular flexibility index (Phi) is 3.77. The summed E-state index contributed by atoms with van der Waals surface area (Å²) in [5.41, 5.74) is 0.593. The maximum atomic E-state index is 12.2. The third kappa shape index (κ3) is 2.35. The van der Waals surface area contributed by atoms with Gasteiger partial charge in [0.25, 0.3) is 5.91 Å². The number of rotatable bonds is 3. The monoisotopic (exact) mass is 237 g/mol. The number of carbonyl (C=O) groups excluding carboxylic acids is 1. The molecule has 0 saturated carbocycles. The lowest BCUT2D eigenvalue weighted by molar-refractivity contribution is 0.0749. The molecule has 1 aliphatic rings. The molecule has 0 radical (unpaired) electrons. The average Bonchev–Trinajstić information content (AvgIpc) is 2.78. The number of likely N-dealkylation sites (tertiary alicyclic amines) is 1. The molecule has 1 saturated heterocycles. The van der Waals surface area contributed by atoms with E-state index in [0.29, 0.717) is 11.6 Å². The van der Waals surface area contributed by atoms with Gasteiger partial charge >= 0.3 is 0 Å². The molecule has 1 aromatic heterocycles. The minimum Gasteiger partial charge on any atom is -0.335 e. The first-order chi connectivity index (χ1) is 7.83.